The van der Waals surface area contributed by atoms with E-state index in [4.69, 9.17) is 9.47 Å². The molecule has 5 heteroatoms. The van der Waals surface area contributed by atoms with Crippen molar-refractivity contribution < 1.29 is 19.1 Å². The molecule has 92 valence electrons. The van der Waals surface area contributed by atoms with Gasteiger partial charge in [0.1, 0.15) is 6.61 Å². The summed E-state index contributed by atoms with van der Waals surface area (Å²) in [5.74, 6) is -0.922. The first-order valence-electron chi connectivity index (χ1n) is 5.58. The van der Waals surface area contributed by atoms with Gasteiger partial charge in [0.05, 0.1) is 11.4 Å². The first-order valence-corrected chi connectivity index (χ1v) is 6.49. The molecule has 1 rings (SSSR count). The zero-order valence-corrected chi connectivity index (χ0v) is 11.2. The van der Waals surface area contributed by atoms with Crippen LogP contribution in [-0.4, -0.2) is 30.0 Å². The van der Waals surface area contributed by atoms with E-state index in [-0.39, 0.29) is 18.0 Å². The first-order chi connectivity index (χ1) is 7.59. The summed E-state index contributed by atoms with van der Waals surface area (Å²) in [5, 5.41) is 0. The molecule has 0 aromatic carbocycles. The molecule has 1 aliphatic rings. The summed E-state index contributed by atoms with van der Waals surface area (Å²) in [6.45, 7) is 4.26. The van der Waals surface area contributed by atoms with Gasteiger partial charge in [-0.2, -0.15) is 0 Å². The molecule has 0 aromatic heterocycles. The average Bonchev–Trinajstić information content (AvgIpc) is 2.54. The Morgan fingerprint density at radius 1 is 1.62 bits per heavy atom. The van der Waals surface area contributed by atoms with E-state index in [2.05, 4.69) is 15.9 Å². The summed E-state index contributed by atoms with van der Waals surface area (Å²) in [4.78, 5) is 23.4. The molecule has 2 atom stereocenters. The number of carbonyl (C=O) groups is 2. The third-order valence-corrected chi connectivity index (χ3v) is 3.87. The van der Waals surface area contributed by atoms with Gasteiger partial charge in [0, 0.05) is 0 Å². The maximum atomic E-state index is 11.9. The number of cyclic esters (lactones) is 1. The van der Waals surface area contributed by atoms with Crippen molar-refractivity contribution in [3.05, 3.63) is 0 Å². The summed E-state index contributed by atoms with van der Waals surface area (Å²) < 4.78 is 9.96. The Labute approximate surface area is 104 Å². The van der Waals surface area contributed by atoms with Gasteiger partial charge in [-0.15, -0.1) is 0 Å². The lowest BCUT2D eigenvalue weighted by atomic mass is 9.81. The van der Waals surface area contributed by atoms with Gasteiger partial charge in [0.25, 0.3) is 0 Å². The number of esters is 2. The number of alkyl halides is 1. The molecule has 0 radical (unpaired) electrons. The molecule has 1 aliphatic heterocycles. The van der Waals surface area contributed by atoms with Gasteiger partial charge in [0.15, 0.2) is 5.41 Å². The molecule has 4 nitrogen and oxygen atoms in total. The molecule has 0 amide bonds. The minimum Gasteiger partial charge on any atom is -0.465 e. The Hall–Kier alpha value is -0.580. The van der Waals surface area contributed by atoms with Crippen LogP contribution in [0.15, 0.2) is 0 Å². The Balaban J connectivity index is 2.91. The van der Waals surface area contributed by atoms with Crippen molar-refractivity contribution in [2.45, 2.75) is 37.9 Å². The van der Waals surface area contributed by atoms with Gasteiger partial charge in [-0.05, 0) is 13.3 Å². The van der Waals surface area contributed by atoms with Crippen LogP contribution >= 0.6 is 15.9 Å². The molecule has 0 aromatic rings. The number of rotatable bonds is 5. The van der Waals surface area contributed by atoms with Crippen LogP contribution in [0.2, 0.25) is 0 Å². The predicted molar refractivity (Wildman–Crippen MR) is 62.3 cm³/mol. The highest BCUT2D eigenvalue weighted by atomic mass is 79.9. The number of halogens is 1. The third-order valence-electron chi connectivity index (χ3n) is 2.82. The maximum Gasteiger partial charge on any atom is 0.324 e. The second kappa shape index (κ2) is 5.66. The highest BCUT2D eigenvalue weighted by Gasteiger charge is 2.58. The van der Waals surface area contributed by atoms with Crippen LogP contribution in [0.1, 0.15) is 33.1 Å². The SMILES string of the molecule is CCCC[C@@]1(C(=O)OCC)C(=O)OC[C@@H]1Br. The van der Waals surface area contributed by atoms with Gasteiger partial charge >= 0.3 is 11.9 Å². The van der Waals surface area contributed by atoms with E-state index in [1.54, 1.807) is 6.92 Å². The topological polar surface area (TPSA) is 52.6 Å². The van der Waals surface area contributed by atoms with E-state index < -0.39 is 17.4 Å². The molecule has 16 heavy (non-hydrogen) atoms. The van der Waals surface area contributed by atoms with Crippen molar-refractivity contribution in [3.8, 4) is 0 Å². The lowest BCUT2D eigenvalue weighted by Crippen LogP contribution is -2.43. The second-order valence-corrected chi connectivity index (χ2v) is 4.97. The van der Waals surface area contributed by atoms with E-state index in [9.17, 15) is 9.59 Å². The van der Waals surface area contributed by atoms with E-state index in [0.29, 0.717) is 6.42 Å². The first kappa shape index (κ1) is 13.5. The molecular formula is C11H17BrO4. The quantitative estimate of drug-likeness (QED) is 0.442. The zero-order valence-electron chi connectivity index (χ0n) is 9.62. The zero-order chi connectivity index (χ0) is 12.2. The summed E-state index contributed by atoms with van der Waals surface area (Å²) in [6.07, 6.45) is 2.21. The molecule has 0 spiro atoms. The van der Waals surface area contributed by atoms with Crippen LogP contribution in [0.5, 0.6) is 0 Å². The van der Waals surface area contributed by atoms with E-state index in [0.717, 1.165) is 12.8 Å². The van der Waals surface area contributed by atoms with Gasteiger partial charge < -0.3 is 9.47 Å². The highest BCUT2D eigenvalue weighted by Crippen LogP contribution is 2.41. The van der Waals surface area contributed by atoms with Crippen LogP contribution in [0.25, 0.3) is 0 Å². The van der Waals surface area contributed by atoms with Crippen LogP contribution in [-0.2, 0) is 19.1 Å². The van der Waals surface area contributed by atoms with Crippen LogP contribution < -0.4 is 0 Å². The number of ether oxygens (including phenoxy) is 2. The fourth-order valence-electron chi connectivity index (χ4n) is 1.84. The van der Waals surface area contributed by atoms with E-state index in [1.807, 2.05) is 6.92 Å². The van der Waals surface area contributed by atoms with Crippen molar-refractivity contribution in [1.29, 1.82) is 0 Å². The smallest absolute Gasteiger partial charge is 0.324 e. The summed E-state index contributed by atoms with van der Waals surface area (Å²) in [6, 6.07) is 0. The summed E-state index contributed by atoms with van der Waals surface area (Å²) in [7, 11) is 0. The van der Waals surface area contributed by atoms with Crippen molar-refractivity contribution in [1.82, 2.24) is 0 Å². The monoisotopic (exact) mass is 292 g/mol. The molecular weight excluding hydrogens is 276 g/mol. The van der Waals surface area contributed by atoms with Crippen LogP contribution in [0, 0.1) is 5.41 Å². The fraction of sp³-hybridized carbons (Fsp3) is 0.818. The van der Waals surface area contributed by atoms with E-state index >= 15 is 0 Å². The average molecular weight is 293 g/mol. The van der Waals surface area contributed by atoms with Crippen molar-refractivity contribution in [2.75, 3.05) is 13.2 Å². The van der Waals surface area contributed by atoms with Gasteiger partial charge in [0.2, 0.25) is 0 Å². The van der Waals surface area contributed by atoms with Crippen LogP contribution in [0.4, 0.5) is 0 Å². The molecule has 1 fully saturated rings. The minimum absolute atomic E-state index is 0.237. The fourth-order valence-corrected chi connectivity index (χ4v) is 2.57. The van der Waals surface area contributed by atoms with Gasteiger partial charge in [-0.25, -0.2) is 0 Å². The number of carbonyl (C=O) groups excluding carboxylic acids is 2. The minimum atomic E-state index is -1.13. The molecule has 0 saturated carbocycles. The number of hydrogen-bond donors (Lipinski definition) is 0. The molecule has 0 aliphatic carbocycles. The Kier molecular flexibility index (Phi) is 4.77. The largest absolute Gasteiger partial charge is 0.465 e. The van der Waals surface area contributed by atoms with E-state index in [1.165, 1.54) is 0 Å². The van der Waals surface area contributed by atoms with Crippen molar-refractivity contribution >= 4 is 27.9 Å². The summed E-state index contributed by atoms with van der Waals surface area (Å²) >= 11 is 3.36. The maximum absolute atomic E-state index is 11.9. The Morgan fingerprint density at radius 3 is 2.75 bits per heavy atom. The normalized spacial score (nSPS) is 28.9. The molecule has 0 bridgehead atoms. The molecule has 0 N–H and O–H groups in total. The predicted octanol–water partition coefficient (Wildman–Crippen LogP) is 2.05. The number of hydrogen-bond acceptors (Lipinski definition) is 4. The highest BCUT2D eigenvalue weighted by molar-refractivity contribution is 9.09. The Bertz CT molecular complexity index is 279. The third kappa shape index (κ3) is 2.24. The second-order valence-electron chi connectivity index (χ2n) is 3.86. The van der Waals surface area contributed by atoms with Crippen LogP contribution in [0.3, 0.4) is 0 Å². The van der Waals surface area contributed by atoms with Gasteiger partial charge in [-0.3, -0.25) is 9.59 Å². The van der Waals surface area contributed by atoms with Gasteiger partial charge in [-0.1, -0.05) is 35.7 Å². The van der Waals surface area contributed by atoms with Crippen molar-refractivity contribution in [3.63, 3.8) is 0 Å². The lowest BCUT2D eigenvalue weighted by molar-refractivity contribution is -0.164. The van der Waals surface area contributed by atoms with Crippen molar-refractivity contribution in [2.24, 2.45) is 5.41 Å². The summed E-state index contributed by atoms with van der Waals surface area (Å²) in [5.41, 5.74) is -1.13. The standard InChI is InChI=1S/C11H17BrO4/c1-3-5-6-11(9(13)15-4-2)8(12)7-16-10(11)14/h8H,3-7H2,1-2H3/t8-,11+/m0/s1. The molecule has 0 unspecified atom stereocenters. The Morgan fingerprint density at radius 2 is 2.31 bits per heavy atom. The molecule has 1 heterocycles. The lowest BCUT2D eigenvalue weighted by Gasteiger charge is -2.25. The molecule has 1 saturated heterocycles. The number of unbranched alkanes of at least 4 members (excludes halogenated alkanes) is 1.